The minimum Gasteiger partial charge on any atom is -0.492 e. The number of nitrogens with zero attached hydrogens (tertiary/aromatic N) is 2. The summed E-state index contributed by atoms with van der Waals surface area (Å²) in [5, 5.41) is 2.88. The van der Waals surface area contributed by atoms with Crippen LogP contribution in [-0.2, 0) is 22.6 Å². The molecular weight excluding hydrogens is 445 g/mol. The number of likely N-dealkylation sites (tertiary alicyclic amines) is 1. The van der Waals surface area contributed by atoms with E-state index in [0.29, 0.717) is 54.3 Å². The first-order valence-electron chi connectivity index (χ1n) is 11.9. The second kappa shape index (κ2) is 9.96. The van der Waals surface area contributed by atoms with Gasteiger partial charge in [-0.25, -0.2) is 4.39 Å². The molecule has 1 aromatic heterocycles. The van der Waals surface area contributed by atoms with Crippen LogP contribution in [0.4, 0.5) is 4.39 Å². The van der Waals surface area contributed by atoms with Gasteiger partial charge in [0.1, 0.15) is 24.0 Å². The van der Waals surface area contributed by atoms with E-state index in [4.69, 9.17) is 4.74 Å². The number of aromatic nitrogens is 1. The molecule has 1 amide bonds. The standard InChI is InChI=1S/C28H28FN3O3/c29-26-13-24(35-11-10-32-18-28(19-32)14-23(33)15-28)8-9-25(26)21-6-7-22(30-17-21)12-27(34)31-16-20-4-2-1-3-5-20/h1-9,13,17H,10-12,14-16,18-19H2,(H,31,34). The third-order valence-electron chi connectivity index (χ3n) is 6.69. The number of rotatable bonds is 9. The van der Waals surface area contributed by atoms with Gasteiger partial charge in [0, 0.05) is 73.5 Å². The highest BCUT2D eigenvalue weighted by atomic mass is 19.1. The Morgan fingerprint density at radius 3 is 2.57 bits per heavy atom. The average Bonchev–Trinajstić information content (AvgIpc) is 2.82. The number of pyridine rings is 1. The van der Waals surface area contributed by atoms with Crippen molar-refractivity contribution in [3.05, 3.63) is 83.9 Å². The number of benzene rings is 2. The maximum Gasteiger partial charge on any atom is 0.226 e. The largest absolute Gasteiger partial charge is 0.492 e. The van der Waals surface area contributed by atoms with Crippen molar-refractivity contribution in [2.24, 2.45) is 5.41 Å². The van der Waals surface area contributed by atoms with Gasteiger partial charge in [-0.1, -0.05) is 36.4 Å². The zero-order valence-corrected chi connectivity index (χ0v) is 19.5. The van der Waals surface area contributed by atoms with Gasteiger partial charge in [-0.05, 0) is 23.8 Å². The summed E-state index contributed by atoms with van der Waals surface area (Å²) in [5.74, 6) is 0.357. The van der Waals surface area contributed by atoms with E-state index in [2.05, 4.69) is 15.2 Å². The Balaban J connectivity index is 1.09. The van der Waals surface area contributed by atoms with Gasteiger partial charge in [-0.2, -0.15) is 0 Å². The number of Topliss-reactive ketones (excluding diaryl/α,β-unsaturated/α-hetero) is 1. The van der Waals surface area contributed by atoms with Gasteiger partial charge >= 0.3 is 0 Å². The quantitative estimate of drug-likeness (QED) is 0.512. The molecule has 3 aromatic rings. The molecule has 0 radical (unpaired) electrons. The summed E-state index contributed by atoms with van der Waals surface area (Å²) in [6.45, 7) is 3.62. The van der Waals surface area contributed by atoms with Gasteiger partial charge < -0.3 is 10.1 Å². The lowest BCUT2D eigenvalue weighted by molar-refractivity contribution is -0.145. The molecule has 1 aliphatic carbocycles. The number of hydrogen-bond donors (Lipinski definition) is 1. The molecule has 1 saturated carbocycles. The lowest BCUT2D eigenvalue weighted by atomic mass is 9.63. The van der Waals surface area contributed by atoms with Crippen molar-refractivity contribution in [1.29, 1.82) is 0 Å². The molecule has 0 atom stereocenters. The highest BCUT2D eigenvalue weighted by molar-refractivity contribution is 5.86. The zero-order chi connectivity index (χ0) is 24.3. The van der Waals surface area contributed by atoms with Crippen LogP contribution in [0.3, 0.4) is 0 Å². The molecule has 5 rings (SSSR count). The van der Waals surface area contributed by atoms with Gasteiger partial charge in [0.25, 0.3) is 0 Å². The van der Waals surface area contributed by atoms with Gasteiger partial charge in [0.2, 0.25) is 5.91 Å². The van der Waals surface area contributed by atoms with E-state index in [0.717, 1.165) is 25.2 Å². The Bertz CT molecular complexity index is 1200. The molecule has 2 heterocycles. The third kappa shape index (κ3) is 5.57. The molecule has 1 N–H and O–H groups in total. The summed E-state index contributed by atoms with van der Waals surface area (Å²) < 4.78 is 20.5. The van der Waals surface area contributed by atoms with Crippen LogP contribution in [0.15, 0.2) is 66.9 Å². The van der Waals surface area contributed by atoms with E-state index in [1.165, 1.54) is 6.07 Å². The number of hydrogen-bond acceptors (Lipinski definition) is 5. The van der Waals surface area contributed by atoms with Crippen LogP contribution in [-0.4, -0.2) is 47.8 Å². The molecule has 0 unspecified atom stereocenters. The van der Waals surface area contributed by atoms with Crippen molar-refractivity contribution in [2.45, 2.75) is 25.8 Å². The fraction of sp³-hybridized carbons (Fsp3) is 0.321. The molecule has 180 valence electrons. The van der Waals surface area contributed by atoms with Crippen LogP contribution >= 0.6 is 0 Å². The first-order valence-corrected chi connectivity index (χ1v) is 11.9. The first kappa shape index (κ1) is 23.2. The Hall–Kier alpha value is -3.58. The molecule has 6 nitrogen and oxygen atoms in total. The Morgan fingerprint density at radius 2 is 1.89 bits per heavy atom. The summed E-state index contributed by atoms with van der Waals surface area (Å²) in [5.41, 5.74) is 2.97. The SMILES string of the molecule is O=C1CC2(C1)CN(CCOc1ccc(-c3ccc(CC(=O)NCc4ccccc4)nc3)c(F)c1)C2. The van der Waals surface area contributed by atoms with E-state index < -0.39 is 0 Å². The molecule has 0 bridgehead atoms. The number of ketones is 1. The highest BCUT2D eigenvalue weighted by Crippen LogP contribution is 2.45. The molecule has 35 heavy (non-hydrogen) atoms. The number of carbonyl (C=O) groups excluding carboxylic acids is 2. The Kier molecular flexibility index (Phi) is 6.59. The minimum atomic E-state index is -0.381. The number of amides is 1. The highest BCUT2D eigenvalue weighted by Gasteiger charge is 2.51. The molecule has 2 aliphatic rings. The topological polar surface area (TPSA) is 71.5 Å². The lowest BCUT2D eigenvalue weighted by Crippen LogP contribution is -2.63. The van der Waals surface area contributed by atoms with Crippen molar-refractivity contribution >= 4 is 11.7 Å². The van der Waals surface area contributed by atoms with Gasteiger partial charge in [-0.3, -0.25) is 19.5 Å². The van der Waals surface area contributed by atoms with E-state index >= 15 is 0 Å². The first-order chi connectivity index (χ1) is 17.0. The predicted octanol–water partition coefficient (Wildman–Crippen LogP) is 3.79. The smallest absolute Gasteiger partial charge is 0.226 e. The summed E-state index contributed by atoms with van der Waals surface area (Å²) in [6, 6.07) is 18.1. The van der Waals surface area contributed by atoms with Crippen LogP contribution in [0, 0.1) is 11.2 Å². The summed E-state index contributed by atoms with van der Waals surface area (Å²) in [6.07, 6.45) is 3.18. The maximum absolute atomic E-state index is 14.7. The van der Waals surface area contributed by atoms with Crippen LogP contribution in [0.1, 0.15) is 24.1 Å². The van der Waals surface area contributed by atoms with Crippen LogP contribution in [0.2, 0.25) is 0 Å². The molecule has 1 spiro atoms. The second-order valence-electron chi connectivity index (χ2n) is 9.57. The van der Waals surface area contributed by atoms with E-state index in [-0.39, 0.29) is 23.6 Å². The minimum absolute atomic E-state index is 0.114. The van der Waals surface area contributed by atoms with Crippen LogP contribution in [0.25, 0.3) is 11.1 Å². The number of nitrogens with one attached hydrogen (secondary N) is 1. The number of halogens is 1. The van der Waals surface area contributed by atoms with Crippen molar-refractivity contribution < 1.29 is 18.7 Å². The molecule has 1 saturated heterocycles. The van der Waals surface area contributed by atoms with E-state index in [9.17, 15) is 14.0 Å². The maximum atomic E-state index is 14.7. The fourth-order valence-corrected chi connectivity index (χ4v) is 4.89. The lowest BCUT2D eigenvalue weighted by Gasteiger charge is -2.54. The van der Waals surface area contributed by atoms with Gasteiger partial charge in [-0.15, -0.1) is 0 Å². The molecular formula is C28H28FN3O3. The van der Waals surface area contributed by atoms with Crippen molar-refractivity contribution in [2.75, 3.05) is 26.2 Å². The number of ether oxygens (including phenoxy) is 1. The van der Waals surface area contributed by atoms with Gasteiger partial charge in [0.15, 0.2) is 0 Å². The summed E-state index contributed by atoms with van der Waals surface area (Å²) in [7, 11) is 0. The number of carbonyl (C=O) groups is 2. The fourth-order valence-electron chi connectivity index (χ4n) is 4.89. The van der Waals surface area contributed by atoms with Crippen molar-refractivity contribution in [1.82, 2.24) is 15.2 Å². The molecule has 1 aliphatic heterocycles. The molecule has 2 aromatic carbocycles. The molecule has 2 fully saturated rings. The Labute approximate surface area is 204 Å². The van der Waals surface area contributed by atoms with Crippen LogP contribution < -0.4 is 10.1 Å². The monoisotopic (exact) mass is 473 g/mol. The third-order valence-corrected chi connectivity index (χ3v) is 6.69. The second-order valence-corrected chi connectivity index (χ2v) is 9.57. The van der Waals surface area contributed by atoms with Crippen LogP contribution in [0.5, 0.6) is 5.75 Å². The summed E-state index contributed by atoms with van der Waals surface area (Å²) in [4.78, 5) is 30.0. The molecule has 7 heteroatoms. The normalized spacial score (nSPS) is 16.4. The van der Waals surface area contributed by atoms with Crippen molar-refractivity contribution in [3.8, 4) is 16.9 Å². The Morgan fingerprint density at radius 1 is 1.09 bits per heavy atom. The zero-order valence-electron chi connectivity index (χ0n) is 19.5. The van der Waals surface area contributed by atoms with Gasteiger partial charge in [0.05, 0.1) is 6.42 Å². The van der Waals surface area contributed by atoms with E-state index in [1.807, 2.05) is 30.3 Å². The predicted molar refractivity (Wildman–Crippen MR) is 130 cm³/mol. The van der Waals surface area contributed by atoms with Crippen molar-refractivity contribution in [3.63, 3.8) is 0 Å². The average molecular weight is 474 g/mol. The van der Waals surface area contributed by atoms with E-state index in [1.54, 1.807) is 30.5 Å². The summed E-state index contributed by atoms with van der Waals surface area (Å²) >= 11 is 0.